The summed E-state index contributed by atoms with van der Waals surface area (Å²) < 4.78 is 52.5. The fraction of sp³-hybridized carbons (Fsp3) is 0.200. The van der Waals surface area contributed by atoms with Gasteiger partial charge in [0.2, 0.25) is 10.0 Å². The van der Waals surface area contributed by atoms with Crippen molar-refractivity contribution in [2.45, 2.75) is 11.3 Å². The van der Waals surface area contributed by atoms with E-state index in [4.69, 9.17) is 11.6 Å². The molecule has 0 radical (unpaired) electrons. The summed E-state index contributed by atoms with van der Waals surface area (Å²) in [6.45, 7) is 0.396. The van der Waals surface area contributed by atoms with Crippen LogP contribution in [-0.2, 0) is 20.0 Å². The Bertz CT molecular complexity index is 974. The first kappa shape index (κ1) is 17.1. The van der Waals surface area contributed by atoms with Crippen molar-refractivity contribution in [2.75, 3.05) is 21.3 Å². The van der Waals surface area contributed by atoms with Gasteiger partial charge in [0, 0.05) is 11.6 Å². The van der Waals surface area contributed by atoms with Crippen LogP contribution in [0.1, 0.15) is 6.42 Å². The van der Waals surface area contributed by atoms with Crippen molar-refractivity contribution in [1.29, 1.82) is 0 Å². The van der Waals surface area contributed by atoms with Crippen molar-refractivity contribution in [2.24, 2.45) is 0 Å². The molecule has 2 aromatic carbocycles. The summed E-state index contributed by atoms with van der Waals surface area (Å²) in [5, 5.41) is 0.315. The highest BCUT2D eigenvalue weighted by molar-refractivity contribution is 7.93. The van der Waals surface area contributed by atoms with E-state index in [9.17, 15) is 16.8 Å². The molecular formula is C15H15ClN2O4S2. The molecule has 0 aromatic heterocycles. The predicted octanol–water partition coefficient (Wildman–Crippen LogP) is 2.68. The predicted molar refractivity (Wildman–Crippen MR) is 94.5 cm³/mol. The Kier molecular flexibility index (Phi) is 4.46. The molecule has 1 saturated heterocycles. The Morgan fingerprint density at radius 2 is 1.83 bits per heavy atom. The zero-order chi connectivity index (χ0) is 17.4. The molecule has 0 amide bonds. The van der Waals surface area contributed by atoms with Crippen LogP contribution in [0.4, 0.5) is 11.4 Å². The maximum atomic E-state index is 12.4. The molecule has 9 heteroatoms. The van der Waals surface area contributed by atoms with Gasteiger partial charge in [-0.15, -0.1) is 0 Å². The second-order valence-electron chi connectivity index (χ2n) is 5.35. The lowest BCUT2D eigenvalue weighted by Gasteiger charge is -2.18. The molecule has 0 bridgehead atoms. The second-order valence-corrected chi connectivity index (χ2v) is 9.49. The van der Waals surface area contributed by atoms with E-state index in [2.05, 4.69) is 4.72 Å². The number of nitrogens with one attached hydrogen (secondary N) is 1. The summed E-state index contributed by atoms with van der Waals surface area (Å²) in [5.74, 6) is 0.103. The number of halogens is 1. The Hall–Kier alpha value is -1.77. The summed E-state index contributed by atoms with van der Waals surface area (Å²) >= 11 is 5.83. The Balaban J connectivity index is 1.90. The van der Waals surface area contributed by atoms with Gasteiger partial charge in [-0.2, -0.15) is 0 Å². The molecule has 1 aliphatic rings. The van der Waals surface area contributed by atoms with Gasteiger partial charge in [-0.05, 0) is 42.8 Å². The normalized spacial score (nSPS) is 17.0. The third-order valence-electron chi connectivity index (χ3n) is 3.59. The van der Waals surface area contributed by atoms with Gasteiger partial charge in [0.25, 0.3) is 10.0 Å². The number of anilines is 2. The SMILES string of the molecule is O=S(=O)(Nc1cccc(N2CCCS2(=O)=O)c1)c1cccc(Cl)c1. The van der Waals surface area contributed by atoms with Crippen LogP contribution in [0.2, 0.25) is 5.02 Å². The summed E-state index contributed by atoms with van der Waals surface area (Å²) in [5.41, 5.74) is 0.730. The van der Waals surface area contributed by atoms with Crippen LogP contribution in [-0.4, -0.2) is 29.1 Å². The van der Waals surface area contributed by atoms with E-state index < -0.39 is 20.0 Å². The molecule has 24 heavy (non-hydrogen) atoms. The average molecular weight is 387 g/mol. The van der Waals surface area contributed by atoms with Gasteiger partial charge in [0.15, 0.2) is 0 Å². The highest BCUT2D eigenvalue weighted by Crippen LogP contribution is 2.27. The summed E-state index contributed by atoms with van der Waals surface area (Å²) in [6.07, 6.45) is 0.556. The van der Waals surface area contributed by atoms with Crippen molar-refractivity contribution in [1.82, 2.24) is 0 Å². The van der Waals surface area contributed by atoms with E-state index in [-0.39, 0.29) is 16.3 Å². The standard InChI is InChI=1S/C15H15ClN2O4S2/c16-12-4-1-7-15(10-12)24(21,22)17-13-5-2-6-14(11-13)18-8-3-9-23(18,19)20/h1-2,4-7,10-11,17H,3,8-9H2. The summed E-state index contributed by atoms with van der Waals surface area (Å²) in [6, 6.07) is 12.2. The molecule has 128 valence electrons. The fourth-order valence-corrected chi connectivity index (χ4v) is 5.41. The van der Waals surface area contributed by atoms with Crippen molar-refractivity contribution < 1.29 is 16.8 Å². The van der Waals surface area contributed by atoms with E-state index in [1.165, 1.54) is 22.5 Å². The molecular weight excluding hydrogens is 372 g/mol. The highest BCUT2D eigenvalue weighted by atomic mass is 35.5. The first-order valence-corrected chi connectivity index (χ1v) is 10.6. The minimum absolute atomic E-state index is 0.0363. The molecule has 3 rings (SSSR count). The molecule has 0 atom stereocenters. The summed E-state index contributed by atoms with van der Waals surface area (Å²) in [7, 11) is -7.13. The van der Waals surface area contributed by atoms with E-state index in [1.807, 2.05) is 0 Å². The van der Waals surface area contributed by atoms with Gasteiger partial charge < -0.3 is 0 Å². The van der Waals surface area contributed by atoms with Crippen LogP contribution in [0, 0.1) is 0 Å². The number of benzene rings is 2. The van der Waals surface area contributed by atoms with Crippen LogP contribution in [0.25, 0.3) is 0 Å². The first-order chi connectivity index (χ1) is 11.3. The van der Waals surface area contributed by atoms with E-state index in [0.717, 1.165) is 0 Å². The molecule has 1 fully saturated rings. The molecule has 1 heterocycles. The van der Waals surface area contributed by atoms with Crippen LogP contribution in [0.3, 0.4) is 0 Å². The molecule has 0 spiro atoms. The zero-order valence-corrected chi connectivity index (χ0v) is 14.9. The van der Waals surface area contributed by atoms with Gasteiger partial charge in [-0.3, -0.25) is 9.03 Å². The van der Waals surface area contributed by atoms with Gasteiger partial charge in [0.05, 0.1) is 22.0 Å². The lowest BCUT2D eigenvalue weighted by atomic mass is 10.3. The van der Waals surface area contributed by atoms with E-state index >= 15 is 0 Å². The smallest absolute Gasteiger partial charge is 0.261 e. The number of nitrogens with zero attached hydrogens (tertiary/aromatic N) is 1. The van der Waals surface area contributed by atoms with Crippen molar-refractivity contribution in [3.63, 3.8) is 0 Å². The van der Waals surface area contributed by atoms with Gasteiger partial charge in [-0.25, -0.2) is 16.8 Å². The first-order valence-electron chi connectivity index (χ1n) is 7.17. The molecule has 0 aliphatic carbocycles. The van der Waals surface area contributed by atoms with Crippen LogP contribution in [0.15, 0.2) is 53.4 Å². The zero-order valence-electron chi connectivity index (χ0n) is 12.5. The van der Waals surface area contributed by atoms with E-state index in [0.29, 0.717) is 23.7 Å². The minimum Gasteiger partial charge on any atom is -0.280 e. The molecule has 0 saturated carbocycles. The highest BCUT2D eigenvalue weighted by Gasteiger charge is 2.28. The second kappa shape index (κ2) is 6.27. The lowest BCUT2D eigenvalue weighted by Crippen LogP contribution is -2.25. The quantitative estimate of drug-likeness (QED) is 0.875. The molecule has 2 aromatic rings. The Morgan fingerprint density at radius 1 is 1.08 bits per heavy atom. The largest absolute Gasteiger partial charge is 0.280 e. The maximum absolute atomic E-state index is 12.4. The minimum atomic E-state index is -3.81. The van der Waals surface area contributed by atoms with E-state index in [1.54, 1.807) is 30.3 Å². The number of sulfonamides is 2. The van der Waals surface area contributed by atoms with Crippen LogP contribution < -0.4 is 9.03 Å². The van der Waals surface area contributed by atoms with Crippen LogP contribution in [0.5, 0.6) is 0 Å². The fourth-order valence-electron chi connectivity index (χ4n) is 2.50. The average Bonchev–Trinajstić information content (AvgIpc) is 2.86. The number of hydrogen-bond donors (Lipinski definition) is 1. The molecule has 1 N–H and O–H groups in total. The van der Waals surface area contributed by atoms with Crippen molar-refractivity contribution in [3.05, 3.63) is 53.6 Å². The lowest BCUT2D eigenvalue weighted by molar-refractivity contribution is 0.598. The van der Waals surface area contributed by atoms with Crippen molar-refractivity contribution >= 4 is 43.0 Å². The Labute approximate surface area is 146 Å². The Morgan fingerprint density at radius 3 is 2.50 bits per heavy atom. The van der Waals surface area contributed by atoms with Gasteiger partial charge in [0.1, 0.15) is 0 Å². The summed E-state index contributed by atoms with van der Waals surface area (Å²) in [4.78, 5) is 0.0363. The molecule has 0 unspecified atom stereocenters. The molecule has 6 nitrogen and oxygen atoms in total. The molecule has 1 aliphatic heterocycles. The topological polar surface area (TPSA) is 83.6 Å². The van der Waals surface area contributed by atoms with Gasteiger partial charge >= 0.3 is 0 Å². The maximum Gasteiger partial charge on any atom is 0.261 e. The number of hydrogen-bond acceptors (Lipinski definition) is 4. The van der Waals surface area contributed by atoms with Crippen LogP contribution >= 0.6 is 11.6 Å². The third-order valence-corrected chi connectivity index (χ3v) is 7.08. The number of rotatable bonds is 4. The monoisotopic (exact) mass is 386 g/mol. The van der Waals surface area contributed by atoms with Crippen molar-refractivity contribution in [3.8, 4) is 0 Å². The third kappa shape index (κ3) is 3.50. The van der Waals surface area contributed by atoms with Gasteiger partial charge in [-0.1, -0.05) is 23.7 Å².